The number of benzene rings is 2. The van der Waals surface area contributed by atoms with Crippen molar-refractivity contribution in [2.45, 2.75) is 51.1 Å². The Bertz CT molecular complexity index is 1100. The number of rotatable bonds is 6. The van der Waals surface area contributed by atoms with Crippen molar-refractivity contribution in [3.05, 3.63) is 95.6 Å². The van der Waals surface area contributed by atoms with E-state index in [9.17, 15) is 9.59 Å². The smallest absolute Gasteiger partial charge is 0.277 e. The number of aromatic nitrogens is 1. The number of carbonyl (C=O) groups excluding carboxylic acids is 2. The maximum Gasteiger partial charge on any atom is 0.277 e. The van der Waals surface area contributed by atoms with E-state index in [1.165, 1.54) is 17.2 Å². The summed E-state index contributed by atoms with van der Waals surface area (Å²) >= 11 is 0. The topological polar surface area (TPSA) is 62.3 Å². The number of amides is 2. The highest BCUT2D eigenvalue weighted by Gasteiger charge is 2.36. The van der Waals surface area contributed by atoms with Crippen molar-refractivity contribution in [2.24, 2.45) is 0 Å². The van der Waals surface area contributed by atoms with Gasteiger partial charge in [-0.3, -0.25) is 19.5 Å². The highest BCUT2D eigenvalue weighted by Crippen LogP contribution is 2.32. The zero-order valence-corrected chi connectivity index (χ0v) is 18.7. The number of hydrogen-bond acceptors (Lipinski definition) is 3. The Balaban J connectivity index is 1.81. The second kappa shape index (κ2) is 10.4. The first-order valence-electron chi connectivity index (χ1n) is 11.4. The predicted molar refractivity (Wildman–Crippen MR) is 126 cm³/mol. The van der Waals surface area contributed by atoms with E-state index in [1.807, 2.05) is 19.1 Å². The largest absolute Gasteiger partial charge is 0.351 e. The molecule has 1 N–H and O–H groups in total. The van der Waals surface area contributed by atoms with E-state index in [-0.39, 0.29) is 17.3 Å². The molecule has 4 rings (SSSR count). The fourth-order valence-corrected chi connectivity index (χ4v) is 4.32. The number of nitrogens with zero attached hydrogens (tertiary/aromatic N) is 2. The number of anilines is 1. The summed E-state index contributed by atoms with van der Waals surface area (Å²) < 4.78 is 15.1. The van der Waals surface area contributed by atoms with Gasteiger partial charge < -0.3 is 5.32 Å². The van der Waals surface area contributed by atoms with Crippen LogP contribution in [0, 0.1) is 12.7 Å². The molecule has 1 heterocycles. The van der Waals surface area contributed by atoms with E-state index in [4.69, 9.17) is 0 Å². The van der Waals surface area contributed by atoms with Crippen LogP contribution in [0.25, 0.3) is 0 Å². The number of carbonyl (C=O) groups is 2. The molecule has 6 heteroatoms. The Morgan fingerprint density at radius 3 is 2.33 bits per heavy atom. The Morgan fingerprint density at radius 2 is 1.67 bits per heavy atom. The Hall–Kier alpha value is -3.54. The Morgan fingerprint density at radius 1 is 0.970 bits per heavy atom. The predicted octanol–water partition coefficient (Wildman–Crippen LogP) is 5.37. The van der Waals surface area contributed by atoms with Crippen LogP contribution < -0.4 is 10.2 Å². The molecule has 5 nitrogen and oxygen atoms in total. The molecular formula is C27H28FN3O2. The molecule has 1 unspecified atom stereocenters. The average molecular weight is 446 g/mol. The van der Waals surface area contributed by atoms with Crippen LogP contribution >= 0.6 is 0 Å². The fraction of sp³-hybridized carbons (Fsp3) is 0.296. The minimum absolute atomic E-state index is 0.0188. The van der Waals surface area contributed by atoms with Crippen LogP contribution in [0.5, 0.6) is 0 Å². The van der Waals surface area contributed by atoms with Crippen LogP contribution in [0.1, 0.15) is 59.8 Å². The first kappa shape index (κ1) is 22.6. The molecule has 0 bridgehead atoms. The third kappa shape index (κ3) is 5.28. The van der Waals surface area contributed by atoms with Crippen molar-refractivity contribution in [2.75, 3.05) is 4.90 Å². The normalized spacial score (nSPS) is 15.0. The summed E-state index contributed by atoms with van der Waals surface area (Å²) in [5.74, 6) is -1.39. The molecule has 1 aliphatic carbocycles. The van der Waals surface area contributed by atoms with Crippen LogP contribution in [0.2, 0.25) is 0 Å². The van der Waals surface area contributed by atoms with Gasteiger partial charge in [0.05, 0.1) is 0 Å². The molecule has 1 aromatic heterocycles. The van der Waals surface area contributed by atoms with E-state index in [2.05, 4.69) is 10.3 Å². The van der Waals surface area contributed by atoms with Crippen LogP contribution in [-0.4, -0.2) is 22.8 Å². The fourth-order valence-electron chi connectivity index (χ4n) is 4.32. The van der Waals surface area contributed by atoms with Crippen molar-refractivity contribution < 1.29 is 14.0 Å². The molecule has 1 fully saturated rings. The highest BCUT2D eigenvalue weighted by molar-refractivity contribution is 6.09. The summed E-state index contributed by atoms with van der Waals surface area (Å²) in [4.78, 5) is 33.0. The van der Waals surface area contributed by atoms with Crippen LogP contribution in [0.3, 0.4) is 0 Å². The second-order valence-electron chi connectivity index (χ2n) is 8.49. The lowest BCUT2D eigenvalue weighted by Crippen LogP contribution is -2.47. The van der Waals surface area contributed by atoms with Gasteiger partial charge in [0.25, 0.3) is 5.91 Å². The summed E-state index contributed by atoms with van der Waals surface area (Å²) in [6, 6.07) is 17.3. The van der Waals surface area contributed by atoms with E-state index < -0.39 is 23.7 Å². The van der Waals surface area contributed by atoms with E-state index in [0.717, 1.165) is 37.7 Å². The summed E-state index contributed by atoms with van der Waals surface area (Å²) in [6.45, 7) is 1.94. The monoisotopic (exact) mass is 445 g/mol. The highest BCUT2D eigenvalue weighted by atomic mass is 19.1. The molecule has 1 atom stereocenters. The number of pyridine rings is 1. The third-order valence-corrected chi connectivity index (χ3v) is 6.07. The van der Waals surface area contributed by atoms with Gasteiger partial charge in [-0.1, -0.05) is 61.2 Å². The molecule has 1 saturated carbocycles. The van der Waals surface area contributed by atoms with Crippen molar-refractivity contribution in [3.8, 4) is 0 Å². The van der Waals surface area contributed by atoms with Gasteiger partial charge in [-0.15, -0.1) is 0 Å². The van der Waals surface area contributed by atoms with Crippen LogP contribution in [0.4, 0.5) is 10.1 Å². The van der Waals surface area contributed by atoms with E-state index in [0.29, 0.717) is 5.69 Å². The number of nitrogens with one attached hydrogen (secondary N) is 1. The third-order valence-electron chi connectivity index (χ3n) is 6.07. The molecule has 33 heavy (non-hydrogen) atoms. The van der Waals surface area contributed by atoms with Gasteiger partial charge in [0.2, 0.25) is 5.91 Å². The maximum atomic E-state index is 15.1. The quantitative estimate of drug-likeness (QED) is 0.555. The molecule has 2 amide bonds. The number of halogens is 1. The van der Waals surface area contributed by atoms with Gasteiger partial charge in [0.1, 0.15) is 17.6 Å². The molecule has 0 radical (unpaired) electrons. The molecule has 2 aromatic carbocycles. The van der Waals surface area contributed by atoms with Gasteiger partial charge in [-0.2, -0.15) is 0 Å². The SMILES string of the molecule is Cc1ccc(N(C(=O)c2ccccn2)C(C(=O)NC2CCCCC2)c2ccccc2F)cc1. The summed E-state index contributed by atoms with van der Waals surface area (Å²) in [7, 11) is 0. The van der Waals surface area contributed by atoms with Crippen molar-refractivity contribution in [3.63, 3.8) is 0 Å². The molecule has 0 aliphatic heterocycles. The Kier molecular flexibility index (Phi) is 7.13. The maximum absolute atomic E-state index is 15.1. The average Bonchev–Trinajstić information content (AvgIpc) is 2.85. The van der Waals surface area contributed by atoms with Gasteiger partial charge in [0.15, 0.2) is 0 Å². The van der Waals surface area contributed by atoms with Gasteiger partial charge in [0, 0.05) is 23.5 Å². The zero-order valence-electron chi connectivity index (χ0n) is 18.7. The summed E-state index contributed by atoms with van der Waals surface area (Å²) in [5, 5.41) is 3.09. The van der Waals surface area contributed by atoms with Crippen LogP contribution in [-0.2, 0) is 4.79 Å². The van der Waals surface area contributed by atoms with E-state index >= 15 is 4.39 Å². The lowest BCUT2D eigenvalue weighted by molar-refractivity contribution is -0.123. The minimum atomic E-state index is -1.18. The van der Waals surface area contributed by atoms with Crippen molar-refractivity contribution in [1.82, 2.24) is 10.3 Å². The number of aryl methyl sites for hydroxylation is 1. The van der Waals surface area contributed by atoms with Gasteiger partial charge in [-0.05, 0) is 50.1 Å². The Labute approximate surface area is 193 Å². The molecule has 170 valence electrons. The van der Waals surface area contributed by atoms with Gasteiger partial charge in [-0.25, -0.2) is 4.39 Å². The summed E-state index contributed by atoms with van der Waals surface area (Å²) in [5.41, 5.74) is 1.85. The second-order valence-corrected chi connectivity index (χ2v) is 8.49. The van der Waals surface area contributed by atoms with Crippen molar-refractivity contribution in [1.29, 1.82) is 0 Å². The molecule has 0 spiro atoms. The molecule has 3 aromatic rings. The van der Waals surface area contributed by atoms with Crippen molar-refractivity contribution >= 4 is 17.5 Å². The lowest BCUT2D eigenvalue weighted by atomic mass is 9.94. The van der Waals surface area contributed by atoms with E-state index in [1.54, 1.807) is 48.5 Å². The zero-order chi connectivity index (χ0) is 23.2. The lowest BCUT2D eigenvalue weighted by Gasteiger charge is -2.33. The van der Waals surface area contributed by atoms with Crippen LogP contribution in [0.15, 0.2) is 72.9 Å². The first-order chi connectivity index (χ1) is 16.0. The number of hydrogen-bond donors (Lipinski definition) is 1. The standard InChI is InChI=1S/C27H28FN3O2/c1-19-14-16-21(17-15-19)31(27(33)24-13-7-8-18-29-24)25(22-11-5-6-12-23(22)28)26(32)30-20-9-3-2-4-10-20/h5-8,11-18,20,25H,2-4,9-10H2,1H3,(H,30,32). The molecular weight excluding hydrogens is 417 g/mol. The van der Waals surface area contributed by atoms with Gasteiger partial charge >= 0.3 is 0 Å². The minimum Gasteiger partial charge on any atom is -0.351 e. The molecule has 1 aliphatic rings. The molecule has 0 saturated heterocycles. The summed E-state index contributed by atoms with van der Waals surface area (Å²) in [6.07, 6.45) is 6.54. The first-order valence-corrected chi connectivity index (χ1v) is 11.4.